The van der Waals surface area contributed by atoms with Crippen molar-refractivity contribution in [1.29, 1.82) is 0 Å². The van der Waals surface area contributed by atoms with E-state index in [1.807, 2.05) is 0 Å². The monoisotopic (exact) mass is 360 g/mol. The third-order valence-corrected chi connectivity index (χ3v) is 5.26. The maximum Gasteiger partial charge on any atom is 0.241 e. The largest absolute Gasteiger partial charge is 0.341 e. The van der Waals surface area contributed by atoms with Crippen LogP contribution in [0.3, 0.4) is 0 Å². The summed E-state index contributed by atoms with van der Waals surface area (Å²) in [5.74, 6) is -0.166. The fourth-order valence-electron chi connectivity index (χ4n) is 2.20. The summed E-state index contributed by atoms with van der Waals surface area (Å²) in [6.07, 6.45) is 1.97. The highest BCUT2D eigenvalue weighted by Crippen LogP contribution is 2.17. The molecule has 0 aromatic heterocycles. The van der Waals surface area contributed by atoms with E-state index in [-0.39, 0.29) is 10.8 Å². The van der Waals surface area contributed by atoms with E-state index < -0.39 is 16.1 Å². The molecular weight excluding hydrogens is 344 g/mol. The molecule has 1 atom stereocenters. The lowest BCUT2D eigenvalue weighted by Crippen LogP contribution is -2.45. The van der Waals surface area contributed by atoms with E-state index >= 15 is 0 Å². The first-order chi connectivity index (χ1) is 9.40. The molecule has 0 saturated carbocycles. The van der Waals surface area contributed by atoms with E-state index in [4.69, 9.17) is 0 Å². The zero-order valence-electron chi connectivity index (χ0n) is 11.2. The molecule has 1 aromatic carbocycles. The molecule has 5 nitrogen and oxygen atoms in total. The first-order valence-electron chi connectivity index (χ1n) is 6.47. The van der Waals surface area contributed by atoms with Gasteiger partial charge in [-0.15, -0.1) is 0 Å². The van der Waals surface area contributed by atoms with Gasteiger partial charge in [0, 0.05) is 17.6 Å². The Morgan fingerprint density at radius 1 is 1.35 bits per heavy atom. The van der Waals surface area contributed by atoms with Crippen LogP contribution in [0.2, 0.25) is 0 Å². The lowest BCUT2D eigenvalue weighted by Gasteiger charge is -2.21. The van der Waals surface area contributed by atoms with Crippen molar-refractivity contribution < 1.29 is 13.2 Å². The molecule has 1 heterocycles. The van der Waals surface area contributed by atoms with Gasteiger partial charge in [-0.3, -0.25) is 4.79 Å². The summed E-state index contributed by atoms with van der Waals surface area (Å²) in [6, 6.07) is 5.65. The van der Waals surface area contributed by atoms with Gasteiger partial charge in [-0.05, 0) is 38.0 Å². The van der Waals surface area contributed by atoms with Crippen LogP contribution in [-0.4, -0.2) is 38.4 Å². The predicted molar refractivity (Wildman–Crippen MR) is 79.7 cm³/mol. The van der Waals surface area contributed by atoms with Gasteiger partial charge in [0.15, 0.2) is 0 Å². The molecule has 1 amide bonds. The van der Waals surface area contributed by atoms with Gasteiger partial charge in [0.1, 0.15) is 0 Å². The maximum absolute atomic E-state index is 12.2. The molecule has 110 valence electrons. The Kier molecular flexibility index (Phi) is 4.82. The summed E-state index contributed by atoms with van der Waals surface area (Å²) >= 11 is 3.24. The second-order valence-electron chi connectivity index (χ2n) is 4.83. The lowest BCUT2D eigenvalue weighted by atomic mass is 10.3. The standard InChI is InChI=1S/C13H17BrN2O3S/c1-10(13(17)16-7-2-3-8-16)15-20(18,19)12-6-4-5-11(14)9-12/h4-6,9-10,15H,2-3,7-8H2,1H3. The second kappa shape index (κ2) is 6.24. The summed E-state index contributed by atoms with van der Waals surface area (Å²) in [5, 5.41) is 0. The lowest BCUT2D eigenvalue weighted by molar-refractivity contribution is -0.131. The minimum absolute atomic E-state index is 0.146. The van der Waals surface area contributed by atoms with Gasteiger partial charge in [-0.2, -0.15) is 4.72 Å². The number of benzene rings is 1. The van der Waals surface area contributed by atoms with E-state index in [1.54, 1.807) is 24.0 Å². The highest BCUT2D eigenvalue weighted by molar-refractivity contribution is 9.10. The van der Waals surface area contributed by atoms with Crippen LogP contribution >= 0.6 is 15.9 Å². The van der Waals surface area contributed by atoms with Gasteiger partial charge in [-0.25, -0.2) is 8.42 Å². The minimum Gasteiger partial charge on any atom is -0.341 e. The first kappa shape index (κ1) is 15.5. The summed E-state index contributed by atoms with van der Waals surface area (Å²) in [5.41, 5.74) is 0. The number of carbonyl (C=O) groups excluding carboxylic acids is 1. The molecule has 20 heavy (non-hydrogen) atoms. The molecule has 1 N–H and O–H groups in total. The third-order valence-electron chi connectivity index (χ3n) is 3.23. The van der Waals surface area contributed by atoms with Gasteiger partial charge < -0.3 is 4.90 Å². The molecule has 0 radical (unpaired) electrons. The zero-order valence-corrected chi connectivity index (χ0v) is 13.6. The highest BCUT2D eigenvalue weighted by atomic mass is 79.9. The molecule has 7 heteroatoms. The Balaban J connectivity index is 2.09. The van der Waals surface area contributed by atoms with Gasteiger partial charge in [-0.1, -0.05) is 22.0 Å². The summed E-state index contributed by atoms with van der Waals surface area (Å²) in [6.45, 7) is 3.00. The van der Waals surface area contributed by atoms with Crippen LogP contribution in [0.25, 0.3) is 0 Å². The number of amides is 1. The molecule has 1 aliphatic rings. The third kappa shape index (κ3) is 3.59. The number of hydrogen-bond donors (Lipinski definition) is 1. The maximum atomic E-state index is 12.2. The highest BCUT2D eigenvalue weighted by Gasteiger charge is 2.27. The Labute approximate surface area is 127 Å². The van der Waals surface area contributed by atoms with Gasteiger partial charge in [0.2, 0.25) is 15.9 Å². The Bertz CT molecular complexity index is 597. The first-order valence-corrected chi connectivity index (χ1v) is 8.74. The molecular formula is C13H17BrN2O3S. The Morgan fingerprint density at radius 3 is 2.60 bits per heavy atom. The zero-order chi connectivity index (χ0) is 14.8. The van der Waals surface area contributed by atoms with Crippen LogP contribution in [0, 0.1) is 0 Å². The number of nitrogens with zero attached hydrogens (tertiary/aromatic N) is 1. The number of carbonyl (C=O) groups is 1. The van der Waals surface area contributed by atoms with Crippen molar-refractivity contribution in [2.75, 3.05) is 13.1 Å². The van der Waals surface area contributed by atoms with Crippen LogP contribution in [0.15, 0.2) is 33.6 Å². The second-order valence-corrected chi connectivity index (χ2v) is 7.46. The minimum atomic E-state index is -3.68. The van der Waals surface area contributed by atoms with Crippen molar-refractivity contribution in [2.45, 2.75) is 30.7 Å². The SMILES string of the molecule is CC(NS(=O)(=O)c1cccc(Br)c1)C(=O)N1CCCC1. The molecule has 1 saturated heterocycles. The van der Waals surface area contributed by atoms with E-state index in [0.29, 0.717) is 17.6 Å². The molecule has 0 bridgehead atoms. The average molecular weight is 361 g/mol. The smallest absolute Gasteiger partial charge is 0.241 e. The number of hydrogen-bond acceptors (Lipinski definition) is 3. The number of nitrogens with one attached hydrogen (secondary N) is 1. The van der Waals surface area contributed by atoms with Crippen LogP contribution in [0.4, 0.5) is 0 Å². The molecule has 1 aliphatic heterocycles. The van der Waals surface area contributed by atoms with Crippen molar-refractivity contribution in [1.82, 2.24) is 9.62 Å². The van der Waals surface area contributed by atoms with E-state index in [1.165, 1.54) is 12.1 Å². The van der Waals surface area contributed by atoms with Crippen molar-refractivity contribution in [3.8, 4) is 0 Å². The fraction of sp³-hybridized carbons (Fsp3) is 0.462. The van der Waals surface area contributed by atoms with Crippen molar-refractivity contribution in [3.05, 3.63) is 28.7 Å². The Hall–Kier alpha value is -0.920. The summed E-state index contributed by atoms with van der Waals surface area (Å²) < 4.78 is 27.5. The van der Waals surface area contributed by atoms with E-state index in [9.17, 15) is 13.2 Å². The predicted octanol–water partition coefficient (Wildman–Crippen LogP) is 1.74. The van der Waals surface area contributed by atoms with Gasteiger partial charge in [0.05, 0.1) is 10.9 Å². The van der Waals surface area contributed by atoms with Gasteiger partial charge >= 0.3 is 0 Å². The number of rotatable bonds is 4. The van der Waals surface area contributed by atoms with Crippen LogP contribution < -0.4 is 4.72 Å². The number of likely N-dealkylation sites (tertiary alicyclic amines) is 1. The van der Waals surface area contributed by atoms with Crippen LogP contribution in [-0.2, 0) is 14.8 Å². The summed E-state index contributed by atoms with van der Waals surface area (Å²) in [4.78, 5) is 14.0. The molecule has 1 fully saturated rings. The fourth-order valence-corrected chi connectivity index (χ4v) is 3.99. The molecule has 0 aliphatic carbocycles. The number of halogens is 1. The normalized spacial score (nSPS) is 17.2. The molecule has 0 spiro atoms. The quantitative estimate of drug-likeness (QED) is 0.889. The Morgan fingerprint density at radius 2 is 2.00 bits per heavy atom. The van der Waals surface area contributed by atoms with Crippen molar-refractivity contribution in [3.63, 3.8) is 0 Å². The average Bonchev–Trinajstić information content (AvgIpc) is 2.91. The van der Waals surface area contributed by atoms with Crippen molar-refractivity contribution in [2.24, 2.45) is 0 Å². The van der Waals surface area contributed by atoms with E-state index in [2.05, 4.69) is 20.7 Å². The van der Waals surface area contributed by atoms with Crippen LogP contribution in [0.1, 0.15) is 19.8 Å². The van der Waals surface area contributed by atoms with E-state index in [0.717, 1.165) is 12.8 Å². The van der Waals surface area contributed by atoms with Crippen molar-refractivity contribution >= 4 is 31.9 Å². The molecule has 1 unspecified atom stereocenters. The van der Waals surface area contributed by atoms with Crippen LogP contribution in [0.5, 0.6) is 0 Å². The summed E-state index contributed by atoms with van der Waals surface area (Å²) in [7, 11) is -3.68. The molecule has 1 aromatic rings. The number of sulfonamides is 1. The van der Waals surface area contributed by atoms with Gasteiger partial charge in [0.25, 0.3) is 0 Å². The topological polar surface area (TPSA) is 66.5 Å². The molecule has 2 rings (SSSR count).